The van der Waals surface area contributed by atoms with Gasteiger partial charge in [0.1, 0.15) is 5.52 Å². The van der Waals surface area contributed by atoms with E-state index in [0.29, 0.717) is 16.8 Å². The second-order valence-electron chi connectivity index (χ2n) is 5.01. The smallest absolute Gasteiger partial charge is 0.340 e. The normalized spacial score (nSPS) is 10.4. The van der Waals surface area contributed by atoms with Crippen LogP contribution < -0.4 is 5.32 Å². The van der Waals surface area contributed by atoms with Gasteiger partial charge in [-0.2, -0.15) is 0 Å². The van der Waals surface area contributed by atoms with Crippen molar-refractivity contribution in [1.29, 1.82) is 0 Å². The molecule has 0 spiro atoms. The molecule has 1 aromatic heterocycles. The maximum atomic E-state index is 12.1. The van der Waals surface area contributed by atoms with E-state index in [1.54, 1.807) is 12.1 Å². The molecule has 1 heterocycles. The third-order valence-electron chi connectivity index (χ3n) is 3.31. The highest BCUT2D eigenvalue weighted by molar-refractivity contribution is 6.02. The van der Waals surface area contributed by atoms with E-state index < -0.39 is 24.5 Å². The zero-order chi connectivity index (χ0) is 17.8. The number of nitrogens with one attached hydrogen (secondary N) is 1. The van der Waals surface area contributed by atoms with E-state index in [1.165, 1.54) is 36.7 Å². The number of carboxylic acid groups (broad SMARTS) is 1. The van der Waals surface area contributed by atoms with Crippen LogP contribution in [0.3, 0.4) is 0 Å². The average molecular weight is 340 g/mol. The Morgan fingerprint density at radius 2 is 1.96 bits per heavy atom. The number of carboxylic acids is 1. The van der Waals surface area contributed by atoms with Gasteiger partial charge in [-0.05, 0) is 30.3 Å². The molecule has 1 amide bonds. The largest absolute Gasteiger partial charge is 0.478 e. The summed E-state index contributed by atoms with van der Waals surface area (Å²) in [6, 6.07) is 10.5. The molecule has 0 fully saturated rings. The van der Waals surface area contributed by atoms with Gasteiger partial charge in [0.05, 0.1) is 11.1 Å². The van der Waals surface area contributed by atoms with Gasteiger partial charge in [0.25, 0.3) is 5.91 Å². The van der Waals surface area contributed by atoms with E-state index in [1.807, 2.05) is 0 Å². The first-order valence-electron chi connectivity index (χ1n) is 7.17. The first kappa shape index (κ1) is 16.2. The summed E-state index contributed by atoms with van der Waals surface area (Å²) in [7, 11) is 0. The monoisotopic (exact) mass is 340 g/mol. The number of rotatable bonds is 5. The van der Waals surface area contributed by atoms with Gasteiger partial charge in [-0.15, -0.1) is 0 Å². The lowest BCUT2D eigenvalue weighted by atomic mass is 10.2. The zero-order valence-corrected chi connectivity index (χ0v) is 12.8. The minimum absolute atomic E-state index is 0.0347. The SMILES string of the molecule is O=C(COC(=O)c1cccc2ocnc12)Nc1cccc(C(=O)O)c1. The summed E-state index contributed by atoms with van der Waals surface area (Å²) in [5.41, 5.74) is 1.30. The van der Waals surface area contributed by atoms with Crippen LogP contribution in [0, 0.1) is 0 Å². The number of aromatic nitrogens is 1. The Balaban J connectivity index is 1.62. The molecule has 8 nitrogen and oxygen atoms in total. The highest BCUT2D eigenvalue weighted by Gasteiger charge is 2.16. The van der Waals surface area contributed by atoms with Crippen molar-refractivity contribution in [2.45, 2.75) is 0 Å². The maximum Gasteiger partial charge on any atom is 0.340 e. The predicted octanol–water partition coefficient (Wildman–Crippen LogP) is 2.32. The van der Waals surface area contributed by atoms with Crippen LogP contribution in [0.4, 0.5) is 5.69 Å². The van der Waals surface area contributed by atoms with E-state index in [0.717, 1.165) is 0 Å². The highest BCUT2D eigenvalue weighted by Crippen LogP contribution is 2.17. The van der Waals surface area contributed by atoms with E-state index in [2.05, 4.69) is 10.3 Å². The van der Waals surface area contributed by atoms with Gasteiger partial charge in [-0.25, -0.2) is 14.6 Å². The van der Waals surface area contributed by atoms with E-state index in [4.69, 9.17) is 14.3 Å². The molecule has 0 atom stereocenters. The van der Waals surface area contributed by atoms with Gasteiger partial charge in [0.15, 0.2) is 18.6 Å². The van der Waals surface area contributed by atoms with Gasteiger partial charge in [0.2, 0.25) is 0 Å². The van der Waals surface area contributed by atoms with Crippen molar-refractivity contribution >= 4 is 34.6 Å². The standard InChI is InChI=1S/C17H12N2O6/c20-14(19-11-4-1-3-10(7-11)16(21)22)8-24-17(23)12-5-2-6-13-15(12)18-9-25-13/h1-7,9H,8H2,(H,19,20)(H,21,22). The molecule has 0 aliphatic rings. The fourth-order valence-corrected chi connectivity index (χ4v) is 2.19. The quantitative estimate of drug-likeness (QED) is 0.684. The third kappa shape index (κ3) is 3.63. The van der Waals surface area contributed by atoms with Crippen molar-refractivity contribution in [3.8, 4) is 0 Å². The third-order valence-corrected chi connectivity index (χ3v) is 3.31. The second-order valence-corrected chi connectivity index (χ2v) is 5.01. The summed E-state index contributed by atoms with van der Waals surface area (Å²) in [5, 5.41) is 11.4. The highest BCUT2D eigenvalue weighted by atomic mass is 16.5. The van der Waals surface area contributed by atoms with Crippen LogP contribution in [0.25, 0.3) is 11.1 Å². The lowest BCUT2D eigenvalue weighted by molar-refractivity contribution is -0.119. The summed E-state index contributed by atoms with van der Waals surface area (Å²) in [5.74, 6) is -2.42. The first-order valence-corrected chi connectivity index (χ1v) is 7.17. The van der Waals surface area contributed by atoms with E-state index in [9.17, 15) is 14.4 Å². The molecule has 0 unspecified atom stereocenters. The first-order chi connectivity index (χ1) is 12.0. The van der Waals surface area contributed by atoms with Crippen LogP contribution in [0.5, 0.6) is 0 Å². The Kier molecular flexibility index (Phi) is 4.42. The lowest BCUT2D eigenvalue weighted by Crippen LogP contribution is -2.21. The summed E-state index contributed by atoms with van der Waals surface area (Å²) >= 11 is 0. The molecule has 2 N–H and O–H groups in total. The van der Waals surface area contributed by atoms with Crippen molar-refractivity contribution in [2.75, 3.05) is 11.9 Å². The molecule has 3 aromatic rings. The van der Waals surface area contributed by atoms with Crippen LogP contribution in [0.1, 0.15) is 20.7 Å². The number of hydrogen-bond acceptors (Lipinski definition) is 6. The molecule has 2 aromatic carbocycles. The summed E-state index contributed by atoms with van der Waals surface area (Å²) in [6.45, 7) is -0.523. The number of aromatic carboxylic acids is 1. The van der Waals surface area contributed by atoms with Crippen molar-refractivity contribution < 1.29 is 28.6 Å². The lowest BCUT2D eigenvalue weighted by Gasteiger charge is -2.07. The van der Waals surface area contributed by atoms with Crippen molar-refractivity contribution in [3.63, 3.8) is 0 Å². The molecule has 0 bridgehead atoms. The number of nitrogens with zero attached hydrogens (tertiary/aromatic N) is 1. The minimum atomic E-state index is -1.11. The molecule has 3 rings (SSSR count). The zero-order valence-electron chi connectivity index (χ0n) is 12.8. The number of amides is 1. The Labute approximate surface area is 141 Å². The van der Waals surface area contributed by atoms with E-state index >= 15 is 0 Å². The van der Waals surface area contributed by atoms with Crippen LogP contribution in [0.15, 0.2) is 53.3 Å². The molecule has 8 heteroatoms. The average Bonchev–Trinajstić information content (AvgIpc) is 3.08. The number of hydrogen-bond donors (Lipinski definition) is 2. The van der Waals surface area contributed by atoms with Crippen LogP contribution in [-0.4, -0.2) is 34.5 Å². The molecule has 126 valence electrons. The molecular formula is C17H12N2O6. The van der Waals surface area contributed by atoms with Crippen molar-refractivity contribution in [2.24, 2.45) is 0 Å². The summed E-state index contributed by atoms with van der Waals surface area (Å²) in [4.78, 5) is 38.8. The molecule has 0 radical (unpaired) electrons. The van der Waals surface area contributed by atoms with Gasteiger partial charge in [0, 0.05) is 5.69 Å². The van der Waals surface area contributed by atoms with Crippen LogP contribution in [0.2, 0.25) is 0 Å². The van der Waals surface area contributed by atoms with Gasteiger partial charge in [-0.3, -0.25) is 4.79 Å². The number of para-hydroxylation sites is 1. The Morgan fingerprint density at radius 1 is 1.16 bits per heavy atom. The Bertz CT molecular complexity index is 962. The summed E-state index contributed by atoms with van der Waals surface area (Å²) < 4.78 is 10.1. The fourth-order valence-electron chi connectivity index (χ4n) is 2.19. The topological polar surface area (TPSA) is 119 Å². The minimum Gasteiger partial charge on any atom is -0.478 e. The molecule has 0 saturated heterocycles. The molecule has 25 heavy (non-hydrogen) atoms. The molecule has 0 aliphatic heterocycles. The Morgan fingerprint density at radius 3 is 2.76 bits per heavy atom. The second kappa shape index (κ2) is 6.83. The van der Waals surface area contributed by atoms with Gasteiger partial charge in [-0.1, -0.05) is 12.1 Å². The van der Waals surface area contributed by atoms with Gasteiger partial charge < -0.3 is 19.6 Å². The maximum absolute atomic E-state index is 12.1. The van der Waals surface area contributed by atoms with Crippen molar-refractivity contribution in [1.82, 2.24) is 4.98 Å². The number of fused-ring (bicyclic) bond motifs is 1. The number of carbonyl (C=O) groups excluding carboxylic acids is 2. The van der Waals surface area contributed by atoms with Crippen LogP contribution in [-0.2, 0) is 9.53 Å². The molecule has 0 saturated carbocycles. The number of ether oxygens (including phenoxy) is 1. The van der Waals surface area contributed by atoms with Crippen LogP contribution >= 0.6 is 0 Å². The number of benzene rings is 2. The fraction of sp³-hybridized carbons (Fsp3) is 0.0588. The summed E-state index contributed by atoms with van der Waals surface area (Å²) in [6.07, 6.45) is 1.21. The molecule has 0 aliphatic carbocycles. The number of anilines is 1. The number of carbonyl (C=O) groups is 3. The van der Waals surface area contributed by atoms with Gasteiger partial charge >= 0.3 is 11.9 Å². The number of esters is 1. The van der Waals surface area contributed by atoms with E-state index in [-0.39, 0.29) is 11.1 Å². The predicted molar refractivity (Wildman–Crippen MR) is 86.3 cm³/mol. The Hall–Kier alpha value is -3.68. The molecular weight excluding hydrogens is 328 g/mol. The number of oxazole rings is 1. The van der Waals surface area contributed by atoms with Crippen molar-refractivity contribution in [3.05, 3.63) is 60.0 Å².